The highest BCUT2D eigenvalue weighted by molar-refractivity contribution is 6.02. The summed E-state index contributed by atoms with van der Waals surface area (Å²) in [5.74, 6) is 0.436. The van der Waals surface area contributed by atoms with Crippen LogP contribution in [0.2, 0.25) is 0 Å². The summed E-state index contributed by atoms with van der Waals surface area (Å²) in [6.45, 7) is 4.82. The number of piperazine rings is 1. The molecule has 2 N–H and O–H groups in total. The molecule has 1 heterocycles. The van der Waals surface area contributed by atoms with Gasteiger partial charge < -0.3 is 34.8 Å². The summed E-state index contributed by atoms with van der Waals surface area (Å²) in [6, 6.07) is 23.3. The fourth-order valence-corrected chi connectivity index (χ4v) is 4.88. The zero-order valence-electron chi connectivity index (χ0n) is 24.3. The molecule has 9 heteroatoms. The predicted octanol–water partition coefficient (Wildman–Crippen LogP) is 3.86. The van der Waals surface area contributed by atoms with E-state index in [-0.39, 0.29) is 18.4 Å². The Morgan fingerprint density at radius 3 is 2.27 bits per heavy atom. The van der Waals surface area contributed by atoms with Crippen molar-refractivity contribution in [2.24, 2.45) is 0 Å². The summed E-state index contributed by atoms with van der Waals surface area (Å²) in [4.78, 5) is 32.6. The van der Waals surface area contributed by atoms with Gasteiger partial charge in [-0.15, -0.1) is 0 Å². The number of benzene rings is 3. The Balaban J connectivity index is 1.43. The summed E-state index contributed by atoms with van der Waals surface area (Å²) < 4.78 is 11.1. The zero-order chi connectivity index (χ0) is 29.0. The van der Waals surface area contributed by atoms with E-state index in [2.05, 4.69) is 31.4 Å². The van der Waals surface area contributed by atoms with E-state index >= 15 is 0 Å². The van der Waals surface area contributed by atoms with Crippen LogP contribution in [0.5, 0.6) is 5.75 Å². The second-order valence-electron chi connectivity index (χ2n) is 10.3. The maximum absolute atomic E-state index is 13.4. The van der Waals surface area contributed by atoms with E-state index in [1.165, 1.54) is 0 Å². The number of methoxy groups -OCH3 is 1. The van der Waals surface area contributed by atoms with Gasteiger partial charge in [-0.1, -0.05) is 42.5 Å². The Hall–Kier alpha value is -4.08. The van der Waals surface area contributed by atoms with E-state index in [0.29, 0.717) is 24.4 Å². The second kappa shape index (κ2) is 15.1. The molecule has 41 heavy (non-hydrogen) atoms. The maximum atomic E-state index is 13.4. The van der Waals surface area contributed by atoms with E-state index in [0.717, 1.165) is 61.8 Å². The quantitative estimate of drug-likeness (QED) is 0.308. The molecule has 0 radical (unpaired) electrons. The summed E-state index contributed by atoms with van der Waals surface area (Å²) in [5.41, 5.74) is 4.04. The van der Waals surface area contributed by atoms with Gasteiger partial charge in [0.2, 0.25) is 5.91 Å². The van der Waals surface area contributed by atoms with Crippen LogP contribution < -0.4 is 25.2 Å². The number of amides is 2. The number of ether oxygens (including phenoxy) is 2. The number of nitrogens with one attached hydrogen (secondary N) is 2. The first kappa shape index (κ1) is 29.9. The lowest BCUT2D eigenvalue weighted by Crippen LogP contribution is -2.47. The number of nitrogens with zero attached hydrogens (tertiary/aromatic N) is 3. The van der Waals surface area contributed by atoms with Gasteiger partial charge in [-0.05, 0) is 63.0 Å². The lowest BCUT2D eigenvalue weighted by Gasteiger charge is -2.38. The van der Waals surface area contributed by atoms with E-state index < -0.39 is 0 Å². The first-order valence-electron chi connectivity index (χ1n) is 14.1. The van der Waals surface area contributed by atoms with Crippen molar-refractivity contribution in [3.05, 3.63) is 83.9 Å². The van der Waals surface area contributed by atoms with Crippen LogP contribution in [0, 0.1) is 0 Å². The molecule has 0 aliphatic carbocycles. The van der Waals surface area contributed by atoms with Crippen LogP contribution >= 0.6 is 0 Å². The zero-order valence-corrected chi connectivity index (χ0v) is 24.3. The number of para-hydroxylation sites is 2. The van der Waals surface area contributed by atoms with E-state index in [1.54, 1.807) is 13.2 Å². The van der Waals surface area contributed by atoms with Crippen molar-refractivity contribution in [2.75, 3.05) is 82.2 Å². The van der Waals surface area contributed by atoms with Crippen molar-refractivity contribution in [3.8, 4) is 5.75 Å². The van der Waals surface area contributed by atoms with E-state index in [4.69, 9.17) is 9.47 Å². The Labute approximate surface area is 243 Å². The summed E-state index contributed by atoms with van der Waals surface area (Å²) in [6.07, 6.45) is 0.848. The monoisotopic (exact) mass is 559 g/mol. The van der Waals surface area contributed by atoms with Gasteiger partial charge in [0.25, 0.3) is 5.91 Å². The molecular weight excluding hydrogens is 518 g/mol. The summed E-state index contributed by atoms with van der Waals surface area (Å²) >= 11 is 0. The van der Waals surface area contributed by atoms with Crippen molar-refractivity contribution in [3.63, 3.8) is 0 Å². The molecule has 3 aromatic carbocycles. The number of carbonyl (C=O) groups excluding carboxylic acids is 2. The standard InChI is InChI=1S/C32H41N5O4/c1-35(2)17-9-16-33-32(39)27-22-26(34-31(38)24-41-23-25-10-5-4-6-11-25)14-15-28(27)36-18-20-37(21-19-36)29-12-7-8-13-30(29)40-3/h4-8,10-15,22H,9,16-21,23-24H2,1-3H3,(H,33,39)(H,34,38). The molecular formula is C32H41N5O4. The predicted molar refractivity (Wildman–Crippen MR) is 164 cm³/mol. The highest BCUT2D eigenvalue weighted by Gasteiger charge is 2.24. The lowest BCUT2D eigenvalue weighted by molar-refractivity contribution is -0.121. The Morgan fingerprint density at radius 2 is 1.56 bits per heavy atom. The van der Waals surface area contributed by atoms with Crippen LogP contribution in [-0.4, -0.2) is 83.8 Å². The molecule has 9 nitrogen and oxygen atoms in total. The first-order chi connectivity index (χ1) is 19.9. The van der Waals surface area contributed by atoms with Gasteiger partial charge in [-0.2, -0.15) is 0 Å². The Bertz CT molecular complexity index is 1280. The maximum Gasteiger partial charge on any atom is 0.253 e. The highest BCUT2D eigenvalue weighted by atomic mass is 16.5. The van der Waals surface area contributed by atoms with Gasteiger partial charge >= 0.3 is 0 Å². The van der Waals surface area contributed by atoms with Crippen molar-refractivity contribution >= 4 is 28.9 Å². The van der Waals surface area contributed by atoms with Gasteiger partial charge in [0.1, 0.15) is 12.4 Å². The molecule has 0 saturated carbocycles. The normalized spacial score (nSPS) is 13.3. The van der Waals surface area contributed by atoms with Crippen molar-refractivity contribution in [2.45, 2.75) is 13.0 Å². The third-order valence-corrected chi connectivity index (χ3v) is 6.98. The van der Waals surface area contributed by atoms with Gasteiger partial charge in [0.05, 0.1) is 25.0 Å². The fourth-order valence-electron chi connectivity index (χ4n) is 4.88. The molecule has 0 spiro atoms. The SMILES string of the molecule is COc1ccccc1N1CCN(c2ccc(NC(=O)COCc3ccccc3)cc2C(=O)NCCCN(C)C)CC1. The molecule has 1 fully saturated rings. The number of hydrogen-bond acceptors (Lipinski definition) is 7. The van der Waals surface area contributed by atoms with Crippen molar-refractivity contribution in [1.82, 2.24) is 10.2 Å². The average molecular weight is 560 g/mol. The molecule has 2 amide bonds. The smallest absolute Gasteiger partial charge is 0.253 e. The highest BCUT2D eigenvalue weighted by Crippen LogP contribution is 2.31. The number of anilines is 3. The summed E-state index contributed by atoms with van der Waals surface area (Å²) in [5, 5.41) is 5.95. The number of rotatable bonds is 13. The molecule has 1 aliphatic heterocycles. The van der Waals surface area contributed by atoms with Gasteiger partial charge in [-0.3, -0.25) is 9.59 Å². The van der Waals surface area contributed by atoms with Crippen LogP contribution in [0.15, 0.2) is 72.8 Å². The molecule has 3 aromatic rings. The van der Waals surface area contributed by atoms with Crippen LogP contribution in [0.3, 0.4) is 0 Å². The average Bonchev–Trinajstić information content (AvgIpc) is 2.99. The third kappa shape index (κ3) is 8.70. The van der Waals surface area contributed by atoms with Crippen LogP contribution in [0.1, 0.15) is 22.3 Å². The molecule has 1 aliphatic rings. The minimum Gasteiger partial charge on any atom is -0.495 e. The number of hydrogen-bond donors (Lipinski definition) is 2. The van der Waals surface area contributed by atoms with Gasteiger partial charge in [0.15, 0.2) is 0 Å². The number of carbonyl (C=O) groups is 2. The topological polar surface area (TPSA) is 86.4 Å². The van der Waals surface area contributed by atoms with E-state index in [9.17, 15) is 9.59 Å². The van der Waals surface area contributed by atoms with Gasteiger partial charge in [-0.25, -0.2) is 0 Å². The lowest BCUT2D eigenvalue weighted by atomic mass is 10.1. The minimum atomic E-state index is -0.267. The van der Waals surface area contributed by atoms with Crippen LogP contribution in [0.25, 0.3) is 0 Å². The molecule has 0 bridgehead atoms. The molecule has 0 unspecified atom stereocenters. The summed E-state index contributed by atoms with van der Waals surface area (Å²) in [7, 11) is 5.72. The molecule has 218 valence electrons. The molecule has 0 aromatic heterocycles. The van der Waals surface area contributed by atoms with Crippen molar-refractivity contribution < 1.29 is 19.1 Å². The second-order valence-corrected chi connectivity index (χ2v) is 10.3. The van der Waals surface area contributed by atoms with E-state index in [1.807, 2.05) is 74.8 Å². The largest absolute Gasteiger partial charge is 0.495 e. The Morgan fingerprint density at radius 1 is 0.878 bits per heavy atom. The third-order valence-electron chi connectivity index (χ3n) is 6.98. The van der Waals surface area contributed by atoms with Gasteiger partial charge in [0, 0.05) is 44.1 Å². The minimum absolute atomic E-state index is 0.0758. The molecule has 1 saturated heterocycles. The van der Waals surface area contributed by atoms with Crippen LogP contribution in [0.4, 0.5) is 17.1 Å². The first-order valence-corrected chi connectivity index (χ1v) is 14.1. The molecule has 4 rings (SSSR count). The molecule has 0 atom stereocenters. The van der Waals surface area contributed by atoms with Crippen LogP contribution in [-0.2, 0) is 16.1 Å². The fraction of sp³-hybridized carbons (Fsp3) is 0.375. The Kier molecular flexibility index (Phi) is 11.0. The van der Waals surface area contributed by atoms with Crippen molar-refractivity contribution in [1.29, 1.82) is 0 Å².